The van der Waals surface area contributed by atoms with E-state index in [0.29, 0.717) is 12.5 Å². The van der Waals surface area contributed by atoms with Crippen LogP contribution < -0.4 is 16.6 Å². The lowest BCUT2D eigenvalue weighted by atomic mass is 10.4. The second-order valence-electron chi connectivity index (χ2n) is 2.95. The van der Waals surface area contributed by atoms with Gasteiger partial charge in [0.25, 0.3) is 0 Å². The number of hydrogen-bond acceptors (Lipinski definition) is 4. The van der Waals surface area contributed by atoms with Crippen LogP contribution in [0.5, 0.6) is 0 Å². The summed E-state index contributed by atoms with van der Waals surface area (Å²) >= 11 is 0. The van der Waals surface area contributed by atoms with Crippen molar-refractivity contribution in [3.8, 4) is 0 Å². The number of nitrogens with zero attached hydrogens (tertiary/aromatic N) is 3. The van der Waals surface area contributed by atoms with Gasteiger partial charge in [0, 0.05) is 12.7 Å². The minimum Gasteiger partial charge on any atom is -0.355 e. The third kappa shape index (κ3) is 4.37. The molecule has 0 bridgehead atoms. The van der Waals surface area contributed by atoms with E-state index in [9.17, 15) is 0 Å². The normalized spacial score (nSPS) is 11.2. The second-order valence-corrected chi connectivity index (χ2v) is 2.95. The Labute approximate surface area is 89.0 Å². The maximum atomic E-state index is 5.30. The Morgan fingerprint density at radius 2 is 2.47 bits per heavy atom. The van der Waals surface area contributed by atoms with E-state index in [4.69, 9.17) is 5.84 Å². The summed E-state index contributed by atoms with van der Waals surface area (Å²) in [7, 11) is 0. The van der Waals surface area contributed by atoms with Crippen LogP contribution in [0.15, 0.2) is 23.3 Å². The van der Waals surface area contributed by atoms with Crippen molar-refractivity contribution in [1.29, 1.82) is 0 Å². The molecule has 0 saturated heterocycles. The van der Waals surface area contributed by atoms with Gasteiger partial charge in [-0.1, -0.05) is 6.92 Å². The van der Waals surface area contributed by atoms with Crippen LogP contribution in [0.4, 0.5) is 0 Å². The van der Waals surface area contributed by atoms with Crippen LogP contribution in [0.25, 0.3) is 0 Å². The molecular weight excluding hydrogens is 192 g/mol. The molecule has 4 N–H and O–H groups in total. The van der Waals surface area contributed by atoms with Crippen LogP contribution in [0.2, 0.25) is 0 Å². The summed E-state index contributed by atoms with van der Waals surface area (Å²) in [5.74, 6) is 5.87. The number of hydrogen-bond donors (Lipinski definition) is 3. The van der Waals surface area contributed by atoms with E-state index in [0.717, 1.165) is 18.7 Å². The summed E-state index contributed by atoms with van der Waals surface area (Å²) in [6.07, 6.45) is 2.65. The first-order valence-corrected chi connectivity index (χ1v) is 4.88. The largest absolute Gasteiger partial charge is 0.355 e. The van der Waals surface area contributed by atoms with E-state index in [-0.39, 0.29) is 0 Å². The summed E-state index contributed by atoms with van der Waals surface area (Å²) < 4.78 is 0. The minimum absolute atomic E-state index is 0.462. The van der Waals surface area contributed by atoms with Gasteiger partial charge in [-0.25, -0.2) is 10.8 Å². The molecule has 1 rings (SSSR count). The first kappa shape index (κ1) is 11.4. The number of aliphatic imine (C=N–C) groups is 1. The Balaban J connectivity index is 2.47. The molecule has 1 aromatic rings. The average Bonchev–Trinajstić information content (AvgIpc) is 2.31. The Hall–Kier alpha value is -1.69. The van der Waals surface area contributed by atoms with Gasteiger partial charge in [0.2, 0.25) is 5.96 Å². The maximum Gasteiger partial charge on any atom is 0.206 e. The standard InChI is InChI=1S/C9H16N6/c1-2-5-11-9(14-10)12-7-8-4-3-6-13-15-8/h3-4,6H,2,5,7,10H2,1H3,(H2,11,12,14). The van der Waals surface area contributed by atoms with Gasteiger partial charge in [-0.3, -0.25) is 5.43 Å². The van der Waals surface area contributed by atoms with Gasteiger partial charge < -0.3 is 5.32 Å². The summed E-state index contributed by atoms with van der Waals surface area (Å²) in [4.78, 5) is 4.22. The highest BCUT2D eigenvalue weighted by molar-refractivity contribution is 5.79. The van der Waals surface area contributed by atoms with Crippen LogP contribution in [-0.4, -0.2) is 22.7 Å². The highest BCUT2D eigenvalue weighted by Crippen LogP contribution is 1.92. The first-order chi connectivity index (χ1) is 7.36. The number of nitrogens with two attached hydrogens (primary N) is 1. The fourth-order valence-electron chi connectivity index (χ4n) is 0.974. The van der Waals surface area contributed by atoms with Gasteiger partial charge in [0.15, 0.2) is 0 Å². The average molecular weight is 208 g/mol. The molecule has 6 nitrogen and oxygen atoms in total. The summed E-state index contributed by atoms with van der Waals surface area (Å²) in [6.45, 7) is 3.37. The summed E-state index contributed by atoms with van der Waals surface area (Å²) in [5.41, 5.74) is 3.31. The molecule has 0 atom stereocenters. The molecule has 6 heteroatoms. The molecule has 0 fully saturated rings. The van der Waals surface area contributed by atoms with E-state index < -0.39 is 0 Å². The van der Waals surface area contributed by atoms with Crippen LogP contribution in [0, 0.1) is 0 Å². The third-order valence-corrected chi connectivity index (χ3v) is 1.71. The molecule has 1 heterocycles. The van der Waals surface area contributed by atoms with Crippen molar-refractivity contribution in [3.05, 3.63) is 24.0 Å². The Kier molecular flexibility index (Phi) is 5.10. The Bertz CT molecular complexity index is 297. The lowest BCUT2D eigenvalue weighted by Crippen LogP contribution is -2.41. The fraction of sp³-hybridized carbons (Fsp3) is 0.444. The van der Waals surface area contributed by atoms with Crippen molar-refractivity contribution >= 4 is 5.96 Å². The second kappa shape index (κ2) is 6.72. The quantitative estimate of drug-likeness (QED) is 0.276. The lowest BCUT2D eigenvalue weighted by molar-refractivity contribution is 0.784. The van der Waals surface area contributed by atoms with E-state index in [2.05, 4.69) is 32.9 Å². The van der Waals surface area contributed by atoms with Crippen molar-refractivity contribution in [2.24, 2.45) is 10.8 Å². The molecule has 1 aromatic heterocycles. The number of guanidine groups is 1. The predicted octanol–water partition coefficient (Wildman–Crippen LogP) is -0.204. The summed E-state index contributed by atoms with van der Waals surface area (Å²) in [5, 5.41) is 10.7. The molecule has 82 valence electrons. The smallest absolute Gasteiger partial charge is 0.206 e. The van der Waals surface area contributed by atoms with Gasteiger partial charge in [0.05, 0.1) is 12.2 Å². The molecule has 0 aliphatic heterocycles. The Morgan fingerprint density at radius 3 is 3.07 bits per heavy atom. The number of rotatable bonds is 4. The highest BCUT2D eigenvalue weighted by atomic mass is 15.3. The molecule has 0 spiro atoms. The van der Waals surface area contributed by atoms with Crippen LogP contribution in [0.3, 0.4) is 0 Å². The van der Waals surface area contributed by atoms with Gasteiger partial charge >= 0.3 is 0 Å². The molecule has 0 saturated carbocycles. The van der Waals surface area contributed by atoms with Crippen LogP contribution >= 0.6 is 0 Å². The topological polar surface area (TPSA) is 88.2 Å². The number of nitrogens with one attached hydrogen (secondary N) is 2. The molecule has 15 heavy (non-hydrogen) atoms. The SMILES string of the molecule is CCCNC(=NCc1cccnn1)NN. The molecular formula is C9H16N6. The van der Waals surface area contributed by atoms with Crippen LogP contribution in [-0.2, 0) is 6.54 Å². The Morgan fingerprint density at radius 1 is 1.60 bits per heavy atom. The highest BCUT2D eigenvalue weighted by Gasteiger charge is 1.95. The van der Waals surface area contributed by atoms with E-state index in [1.165, 1.54) is 0 Å². The van der Waals surface area contributed by atoms with Crippen molar-refractivity contribution in [2.45, 2.75) is 19.9 Å². The molecule has 0 aliphatic carbocycles. The zero-order valence-electron chi connectivity index (χ0n) is 8.77. The van der Waals surface area contributed by atoms with Gasteiger partial charge in [0.1, 0.15) is 0 Å². The molecule has 0 amide bonds. The van der Waals surface area contributed by atoms with E-state index in [1.807, 2.05) is 12.1 Å². The van der Waals surface area contributed by atoms with Crippen molar-refractivity contribution in [2.75, 3.05) is 6.54 Å². The van der Waals surface area contributed by atoms with Crippen molar-refractivity contribution in [1.82, 2.24) is 20.9 Å². The molecule has 0 unspecified atom stereocenters. The maximum absolute atomic E-state index is 5.30. The first-order valence-electron chi connectivity index (χ1n) is 4.88. The fourth-order valence-corrected chi connectivity index (χ4v) is 0.974. The number of aromatic nitrogens is 2. The zero-order chi connectivity index (χ0) is 10.9. The minimum atomic E-state index is 0.462. The third-order valence-electron chi connectivity index (χ3n) is 1.71. The van der Waals surface area contributed by atoms with E-state index >= 15 is 0 Å². The number of hydrazine groups is 1. The van der Waals surface area contributed by atoms with Gasteiger partial charge in [-0.2, -0.15) is 10.2 Å². The monoisotopic (exact) mass is 208 g/mol. The van der Waals surface area contributed by atoms with Gasteiger partial charge in [-0.05, 0) is 18.6 Å². The van der Waals surface area contributed by atoms with Gasteiger partial charge in [-0.15, -0.1) is 0 Å². The lowest BCUT2D eigenvalue weighted by Gasteiger charge is -2.06. The molecule has 0 aromatic carbocycles. The van der Waals surface area contributed by atoms with Crippen molar-refractivity contribution < 1.29 is 0 Å². The molecule has 0 aliphatic rings. The predicted molar refractivity (Wildman–Crippen MR) is 58.8 cm³/mol. The molecule has 0 radical (unpaired) electrons. The van der Waals surface area contributed by atoms with Crippen LogP contribution in [0.1, 0.15) is 19.0 Å². The van der Waals surface area contributed by atoms with Crippen molar-refractivity contribution in [3.63, 3.8) is 0 Å². The zero-order valence-corrected chi connectivity index (χ0v) is 8.77. The summed E-state index contributed by atoms with van der Waals surface area (Å²) in [6, 6.07) is 3.69. The van der Waals surface area contributed by atoms with E-state index in [1.54, 1.807) is 6.20 Å².